The second-order valence-electron chi connectivity index (χ2n) is 8.68. The van der Waals surface area contributed by atoms with E-state index in [0.29, 0.717) is 12.5 Å². The number of likely N-dealkylation sites (tertiary alicyclic amines) is 1. The van der Waals surface area contributed by atoms with Crippen LogP contribution in [-0.4, -0.2) is 68.0 Å². The molecule has 2 atom stereocenters. The minimum absolute atomic E-state index is 0.157. The first kappa shape index (κ1) is 21.2. The van der Waals surface area contributed by atoms with Crippen molar-refractivity contribution in [1.29, 1.82) is 0 Å². The molecular formula is C25H34N2O3. The number of fused-ring (bicyclic) bond motifs is 1. The number of nitrogens with zero attached hydrogens (tertiary/aromatic N) is 2. The molecule has 0 radical (unpaired) electrons. The number of rotatable bonds is 7. The smallest absolute Gasteiger partial charge is 0.119 e. The first-order valence-electron chi connectivity index (χ1n) is 11.1. The van der Waals surface area contributed by atoms with Crippen LogP contribution < -0.4 is 9.47 Å². The Morgan fingerprint density at radius 3 is 2.63 bits per heavy atom. The maximum Gasteiger partial charge on any atom is 0.119 e. The van der Waals surface area contributed by atoms with Crippen molar-refractivity contribution < 1.29 is 14.6 Å². The highest BCUT2D eigenvalue weighted by atomic mass is 16.5. The van der Waals surface area contributed by atoms with Crippen molar-refractivity contribution in [3.63, 3.8) is 0 Å². The Kier molecular flexibility index (Phi) is 6.93. The Bertz CT molecular complexity index is 824. The van der Waals surface area contributed by atoms with Gasteiger partial charge in [0.1, 0.15) is 11.5 Å². The van der Waals surface area contributed by atoms with E-state index in [1.807, 2.05) is 12.1 Å². The summed E-state index contributed by atoms with van der Waals surface area (Å²) in [6, 6.07) is 15.0. The average Bonchev–Trinajstić information content (AvgIpc) is 2.76. The predicted octanol–water partition coefficient (Wildman–Crippen LogP) is 3.50. The summed E-state index contributed by atoms with van der Waals surface area (Å²) in [6.07, 6.45) is 2.86. The van der Waals surface area contributed by atoms with E-state index in [1.54, 1.807) is 7.11 Å². The zero-order valence-corrected chi connectivity index (χ0v) is 18.2. The number of benzene rings is 2. The molecule has 1 fully saturated rings. The van der Waals surface area contributed by atoms with Crippen LogP contribution in [0.25, 0.3) is 0 Å². The van der Waals surface area contributed by atoms with E-state index in [-0.39, 0.29) is 6.10 Å². The van der Waals surface area contributed by atoms with Gasteiger partial charge in [-0.3, -0.25) is 0 Å². The molecule has 2 aromatic carbocycles. The van der Waals surface area contributed by atoms with E-state index < -0.39 is 0 Å². The van der Waals surface area contributed by atoms with Gasteiger partial charge in [0.15, 0.2) is 0 Å². The highest BCUT2D eigenvalue weighted by molar-refractivity contribution is 5.45. The Labute approximate surface area is 180 Å². The normalized spacial score (nSPS) is 22.5. The van der Waals surface area contributed by atoms with Gasteiger partial charge < -0.3 is 24.4 Å². The molecule has 2 aromatic rings. The maximum absolute atomic E-state index is 9.79. The average molecular weight is 411 g/mol. The summed E-state index contributed by atoms with van der Waals surface area (Å²) in [5.41, 5.74) is 4.06. The Balaban J connectivity index is 1.37. The summed E-state index contributed by atoms with van der Waals surface area (Å²) >= 11 is 0. The SMILES string of the molecule is COc1ccc(C2CN(C)Cc3cc(OCCCN4CCCC(O)C4)ccc32)cc1. The summed E-state index contributed by atoms with van der Waals surface area (Å²) in [5.74, 6) is 2.21. The van der Waals surface area contributed by atoms with Gasteiger partial charge in [0, 0.05) is 32.1 Å². The largest absolute Gasteiger partial charge is 0.497 e. The van der Waals surface area contributed by atoms with Gasteiger partial charge in [0.05, 0.1) is 19.8 Å². The number of likely N-dealkylation sites (N-methyl/N-ethyl adjacent to an activating group) is 1. The van der Waals surface area contributed by atoms with Gasteiger partial charge >= 0.3 is 0 Å². The van der Waals surface area contributed by atoms with Gasteiger partial charge in [0.25, 0.3) is 0 Å². The highest BCUT2D eigenvalue weighted by Crippen LogP contribution is 2.35. The van der Waals surface area contributed by atoms with Gasteiger partial charge in [-0.2, -0.15) is 0 Å². The molecule has 0 aromatic heterocycles. The van der Waals surface area contributed by atoms with Crippen LogP contribution in [0.4, 0.5) is 0 Å². The molecule has 2 aliphatic heterocycles. The first-order chi connectivity index (χ1) is 14.6. The number of aliphatic hydroxyl groups is 1. The predicted molar refractivity (Wildman–Crippen MR) is 119 cm³/mol. The lowest BCUT2D eigenvalue weighted by molar-refractivity contribution is 0.0679. The van der Waals surface area contributed by atoms with E-state index >= 15 is 0 Å². The zero-order chi connectivity index (χ0) is 20.9. The molecule has 0 amide bonds. The number of piperidine rings is 1. The molecule has 0 saturated carbocycles. The van der Waals surface area contributed by atoms with Gasteiger partial charge in [-0.1, -0.05) is 18.2 Å². The van der Waals surface area contributed by atoms with E-state index in [4.69, 9.17) is 9.47 Å². The Morgan fingerprint density at radius 1 is 1.07 bits per heavy atom. The van der Waals surface area contributed by atoms with Crippen LogP contribution in [0.3, 0.4) is 0 Å². The van der Waals surface area contributed by atoms with Crippen molar-refractivity contribution in [3.8, 4) is 11.5 Å². The van der Waals surface area contributed by atoms with Gasteiger partial charge in [-0.15, -0.1) is 0 Å². The molecule has 162 valence electrons. The lowest BCUT2D eigenvalue weighted by atomic mass is 9.84. The third-order valence-electron chi connectivity index (χ3n) is 6.31. The van der Waals surface area contributed by atoms with Crippen LogP contribution in [0.5, 0.6) is 11.5 Å². The number of hydrogen-bond donors (Lipinski definition) is 1. The lowest BCUT2D eigenvalue weighted by Gasteiger charge is -2.33. The second-order valence-corrected chi connectivity index (χ2v) is 8.68. The highest BCUT2D eigenvalue weighted by Gasteiger charge is 2.25. The number of aliphatic hydroxyl groups excluding tert-OH is 1. The summed E-state index contributed by atoms with van der Waals surface area (Å²) in [5, 5.41) is 9.79. The molecule has 1 saturated heterocycles. The molecule has 5 nitrogen and oxygen atoms in total. The van der Waals surface area contributed by atoms with E-state index in [0.717, 1.165) is 63.5 Å². The zero-order valence-electron chi connectivity index (χ0n) is 18.2. The molecule has 0 aliphatic carbocycles. The topological polar surface area (TPSA) is 45.2 Å². The first-order valence-corrected chi connectivity index (χ1v) is 11.1. The molecule has 30 heavy (non-hydrogen) atoms. The molecular weight excluding hydrogens is 376 g/mol. The number of methoxy groups -OCH3 is 1. The molecule has 1 N–H and O–H groups in total. The standard InChI is InChI=1S/C25H34N2O3/c1-26-16-20-15-23(30-14-4-13-27-12-3-5-21(28)17-27)10-11-24(20)25(18-26)19-6-8-22(29-2)9-7-19/h6-11,15,21,25,28H,3-5,12-14,16-18H2,1-2H3. The molecule has 5 heteroatoms. The van der Waals surface area contributed by atoms with Gasteiger partial charge in [0.2, 0.25) is 0 Å². The summed E-state index contributed by atoms with van der Waals surface area (Å²) < 4.78 is 11.4. The summed E-state index contributed by atoms with van der Waals surface area (Å²) in [7, 11) is 3.89. The number of hydrogen-bond acceptors (Lipinski definition) is 5. The third kappa shape index (κ3) is 5.15. The van der Waals surface area contributed by atoms with Crippen molar-refractivity contribution in [1.82, 2.24) is 9.80 Å². The summed E-state index contributed by atoms with van der Waals surface area (Å²) in [6.45, 7) is 5.56. The van der Waals surface area contributed by atoms with E-state index in [9.17, 15) is 5.11 Å². The molecule has 2 aliphatic rings. The van der Waals surface area contributed by atoms with Crippen LogP contribution >= 0.6 is 0 Å². The molecule has 0 bridgehead atoms. The van der Waals surface area contributed by atoms with Gasteiger partial charge in [-0.25, -0.2) is 0 Å². The van der Waals surface area contributed by atoms with Crippen molar-refractivity contribution >= 4 is 0 Å². The van der Waals surface area contributed by atoms with Crippen LogP contribution in [0.2, 0.25) is 0 Å². The fourth-order valence-electron chi connectivity index (χ4n) is 4.75. The second kappa shape index (κ2) is 9.82. The molecule has 2 unspecified atom stereocenters. The molecule has 2 heterocycles. The minimum atomic E-state index is -0.157. The quantitative estimate of drug-likeness (QED) is 0.708. The van der Waals surface area contributed by atoms with Crippen molar-refractivity contribution in [2.75, 3.05) is 46.9 Å². The van der Waals surface area contributed by atoms with Gasteiger partial charge in [-0.05, 0) is 73.8 Å². The Morgan fingerprint density at radius 2 is 1.87 bits per heavy atom. The molecule has 4 rings (SSSR count). The number of ether oxygens (including phenoxy) is 2. The minimum Gasteiger partial charge on any atom is -0.497 e. The van der Waals surface area contributed by atoms with Crippen LogP contribution in [0.15, 0.2) is 42.5 Å². The van der Waals surface area contributed by atoms with Crippen molar-refractivity contribution in [2.24, 2.45) is 0 Å². The van der Waals surface area contributed by atoms with Crippen molar-refractivity contribution in [3.05, 3.63) is 59.2 Å². The monoisotopic (exact) mass is 410 g/mol. The maximum atomic E-state index is 9.79. The third-order valence-corrected chi connectivity index (χ3v) is 6.31. The number of β-amino-alcohol motifs (C(OH)–C–C–N with tert-alkyl or cyclic N) is 1. The molecule has 0 spiro atoms. The Hall–Kier alpha value is -2.08. The lowest BCUT2D eigenvalue weighted by Crippen LogP contribution is -2.39. The van der Waals surface area contributed by atoms with E-state index in [1.165, 1.54) is 16.7 Å². The van der Waals surface area contributed by atoms with Crippen molar-refractivity contribution in [2.45, 2.75) is 37.8 Å². The van der Waals surface area contributed by atoms with Crippen LogP contribution in [0.1, 0.15) is 41.9 Å². The van der Waals surface area contributed by atoms with E-state index in [2.05, 4.69) is 47.2 Å². The fourth-order valence-corrected chi connectivity index (χ4v) is 4.75. The van der Waals surface area contributed by atoms with Crippen LogP contribution in [0, 0.1) is 0 Å². The fraction of sp³-hybridized carbons (Fsp3) is 0.520. The summed E-state index contributed by atoms with van der Waals surface area (Å²) in [4.78, 5) is 4.72. The van der Waals surface area contributed by atoms with Crippen LogP contribution in [-0.2, 0) is 6.54 Å².